The molecular weight excluding hydrogens is 234 g/mol. The molecule has 0 fully saturated rings. The number of benzene rings is 2. The normalized spacial score (nSPS) is 9.76. The highest BCUT2D eigenvalue weighted by molar-refractivity contribution is 5.68. The number of rotatable bonds is 3. The van der Waals surface area contributed by atoms with Gasteiger partial charge in [-0.05, 0) is 29.2 Å². The van der Waals surface area contributed by atoms with Crippen LogP contribution in [-0.4, -0.2) is 0 Å². The quantitative estimate of drug-likeness (QED) is 0.721. The zero-order chi connectivity index (χ0) is 11.4. The van der Waals surface area contributed by atoms with Gasteiger partial charge in [0.15, 0.2) is 0 Å². The Kier molecular flexibility index (Phi) is 5.16. The maximum absolute atomic E-state index is 4.95. The molecule has 0 spiro atoms. The van der Waals surface area contributed by atoms with E-state index in [0.717, 1.165) is 0 Å². The summed E-state index contributed by atoms with van der Waals surface area (Å²) in [7, 11) is 0. The van der Waals surface area contributed by atoms with Crippen LogP contribution >= 0.6 is 0 Å². The molecule has 0 aliphatic rings. The molecule has 3 heteroatoms. The minimum absolute atomic E-state index is 0. The first-order valence-corrected chi connectivity index (χ1v) is 5.34. The van der Waals surface area contributed by atoms with Crippen molar-refractivity contribution in [3.8, 4) is 11.1 Å². The third kappa shape index (κ3) is 3.07. The Hall–Kier alpha value is -1.35. The highest BCUT2D eigenvalue weighted by atomic mass is 35.5. The smallest absolute Gasteiger partial charge is 0.131 e. The van der Waals surface area contributed by atoms with E-state index in [9.17, 15) is 0 Å². The van der Waals surface area contributed by atoms with Gasteiger partial charge in [0, 0.05) is 0 Å². The molecule has 0 aromatic heterocycles. The van der Waals surface area contributed by atoms with E-state index in [0.29, 0.717) is 6.61 Å². The molecule has 0 radical (unpaired) electrons. The van der Waals surface area contributed by atoms with E-state index in [4.69, 9.17) is 4.84 Å². The van der Waals surface area contributed by atoms with Crippen molar-refractivity contribution in [1.82, 2.24) is 0 Å². The maximum atomic E-state index is 4.95. The fraction of sp³-hybridized carbons (Fsp3) is 0.143. The standard InChI is InChI=1S/C14H16NO.ClH/c1-11-13(10-16-15)8-5-9-14(11)12-6-3-2-4-7-12;/h2-9H,10H2,1,15H3;1H/q+1;/p-1. The van der Waals surface area contributed by atoms with Crippen LogP contribution < -0.4 is 18.3 Å². The SMILES string of the molecule is Cc1c(CO[NH3+])cccc1-c1ccccc1.[Cl-]. The molecule has 0 aliphatic carbocycles. The first kappa shape index (κ1) is 13.7. The third-order valence-electron chi connectivity index (χ3n) is 2.79. The molecule has 2 nitrogen and oxygen atoms in total. The zero-order valence-electron chi connectivity index (χ0n) is 9.82. The van der Waals surface area contributed by atoms with Gasteiger partial charge in [-0.15, -0.1) is 0 Å². The summed E-state index contributed by atoms with van der Waals surface area (Å²) in [6.45, 7) is 2.68. The topological polar surface area (TPSA) is 36.9 Å². The first-order valence-electron chi connectivity index (χ1n) is 5.34. The average Bonchev–Trinajstić information content (AvgIpc) is 2.33. The van der Waals surface area contributed by atoms with Gasteiger partial charge >= 0.3 is 0 Å². The van der Waals surface area contributed by atoms with Gasteiger partial charge in [0.05, 0.1) is 0 Å². The predicted molar refractivity (Wildman–Crippen MR) is 64.3 cm³/mol. The number of halogens is 1. The number of hydrogen-bond acceptors (Lipinski definition) is 1. The lowest BCUT2D eigenvalue weighted by molar-refractivity contribution is -0.695. The van der Waals surface area contributed by atoms with E-state index >= 15 is 0 Å². The summed E-state index contributed by atoms with van der Waals surface area (Å²) in [6.07, 6.45) is 0. The summed E-state index contributed by atoms with van der Waals surface area (Å²) < 4.78 is 0. The first-order chi connectivity index (χ1) is 7.83. The Morgan fingerprint density at radius 3 is 2.35 bits per heavy atom. The highest BCUT2D eigenvalue weighted by Gasteiger charge is 2.05. The van der Waals surface area contributed by atoms with Crippen LogP contribution in [0.1, 0.15) is 11.1 Å². The molecule has 2 rings (SSSR count). The minimum Gasteiger partial charge on any atom is -1.00 e. The van der Waals surface area contributed by atoms with Crippen LogP contribution in [0.15, 0.2) is 48.5 Å². The van der Waals surface area contributed by atoms with Gasteiger partial charge in [0.25, 0.3) is 0 Å². The van der Waals surface area contributed by atoms with Gasteiger partial charge in [0.1, 0.15) is 6.61 Å². The summed E-state index contributed by atoms with van der Waals surface area (Å²) in [4.78, 5) is 4.95. The number of quaternary nitrogens is 1. The average molecular weight is 250 g/mol. The fourth-order valence-corrected chi connectivity index (χ4v) is 1.88. The second-order valence-corrected chi connectivity index (χ2v) is 3.80. The lowest BCUT2D eigenvalue weighted by Crippen LogP contribution is -3.00. The molecule has 0 aliphatic heterocycles. The monoisotopic (exact) mass is 249 g/mol. The van der Waals surface area contributed by atoms with Crippen LogP contribution in [0, 0.1) is 6.92 Å². The van der Waals surface area contributed by atoms with Crippen molar-refractivity contribution in [2.45, 2.75) is 13.5 Å². The van der Waals surface area contributed by atoms with Gasteiger partial charge in [-0.3, -0.25) is 0 Å². The number of hydrogen-bond donors (Lipinski definition) is 1. The van der Waals surface area contributed by atoms with Crippen molar-refractivity contribution in [3.63, 3.8) is 0 Å². The van der Waals surface area contributed by atoms with E-state index in [1.165, 1.54) is 22.3 Å². The van der Waals surface area contributed by atoms with Crippen LogP contribution in [0.25, 0.3) is 11.1 Å². The summed E-state index contributed by atoms with van der Waals surface area (Å²) in [5.74, 6) is 3.42. The highest BCUT2D eigenvalue weighted by Crippen LogP contribution is 2.25. The molecular formula is C14H16ClNO. The van der Waals surface area contributed by atoms with E-state index in [-0.39, 0.29) is 12.4 Å². The maximum Gasteiger partial charge on any atom is 0.131 e. The Labute approximate surface area is 108 Å². The van der Waals surface area contributed by atoms with Gasteiger partial charge < -0.3 is 12.4 Å². The molecule has 2 aromatic carbocycles. The van der Waals surface area contributed by atoms with E-state index in [1.54, 1.807) is 0 Å². The van der Waals surface area contributed by atoms with Crippen LogP contribution in [0.2, 0.25) is 0 Å². The second kappa shape index (κ2) is 6.40. The predicted octanol–water partition coefficient (Wildman–Crippen LogP) is -0.660. The summed E-state index contributed by atoms with van der Waals surface area (Å²) >= 11 is 0. The molecule has 90 valence electrons. The van der Waals surface area contributed by atoms with Gasteiger partial charge in [-0.1, -0.05) is 48.5 Å². The van der Waals surface area contributed by atoms with E-state index in [2.05, 4.69) is 55.3 Å². The van der Waals surface area contributed by atoms with Crippen molar-refractivity contribution in [2.24, 2.45) is 0 Å². The Morgan fingerprint density at radius 1 is 1.00 bits per heavy atom. The van der Waals surface area contributed by atoms with Crippen molar-refractivity contribution in [2.75, 3.05) is 0 Å². The molecule has 0 amide bonds. The van der Waals surface area contributed by atoms with E-state index in [1.807, 2.05) is 6.07 Å². The Balaban J connectivity index is 0.00000144. The Bertz CT molecular complexity index is 471. The summed E-state index contributed by atoms with van der Waals surface area (Å²) in [6, 6.07) is 16.7. The Morgan fingerprint density at radius 2 is 1.71 bits per heavy atom. The van der Waals surface area contributed by atoms with Crippen molar-refractivity contribution >= 4 is 0 Å². The molecule has 0 unspecified atom stereocenters. The van der Waals surface area contributed by atoms with Crippen LogP contribution in [0.3, 0.4) is 0 Å². The molecule has 0 heterocycles. The molecule has 0 bridgehead atoms. The zero-order valence-corrected chi connectivity index (χ0v) is 10.6. The molecule has 17 heavy (non-hydrogen) atoms. The fourth-order valence-electron chi connectivity index (χ4n) is 1.88. The summed E-state index contributed by atoms with van der Waals surface area (Å²) in [5.41, 5.74) is 4.95. The second-order valence-electron chi connectivity index (χ2n) is 3.80. The summed E-state index contributed by atoms with van der Waals surface area (Å²) in [5, 5.41) is 0. The van der Waals surface area contributed by atoms with E-state index < -0.39 is 0 Å². The van der Waals surface area contributed by atoms with Crippen LogP contribution in [-0.2, 0) is 11.4 Å². The largest absolute Gasteiger partial charge is 1.00 e. The minimum atomic E-state index is 0. The lowest BCUT2D eigenvalue weighted by atomic mass is 9.97. The van der Waals surface area contributed by atoms with Crippen LogP contribution in [0.4, 0.5) is 0 Å². The van der Waals surface area contributed by atoms with Crippen molar-refractivity contribution in [1.29, 1.82) is 0 Å². The van der Waals surface area contributed by atoms with Gasteiger partial charge in [0.2, 0.25) is 0 Å². The van der Waals surface area contributed by atoms with Crippen LogP contribution in [0.5, 0.6) is 0 Å². The molecule has 0 atom stereocenters. The molecule has 3 N–H and O–H groups in total. The third-order valence-corrected chi connectivity index (χ3v) is 2.79. The van der Waals surface area contributed by atoms with Crippen molar-refractivity contribution < 1.29 is 23.1 Å². The van der Waals surface area contributed by atoms with Gasteiger partial charge in [-0.2, -0.15) is 0 Å². The lowest BCUT2D eigenvalue weighted by Gasteiger charge is -2.09. The molecule has 0 saturated carbocycles. The molecule has 2 aromatic rings. The van der Waals surface area contributed by atoms with Gasteiger partial charge in [-0.25, -0.2) is 10.7 Å². The van der Waals surface area contributed by atoms with Crippen molar-refractivity contribution in [3.05, 3.63) is 59.7 Å². The molecule has 0 saturated heterocycles.